The van der Waals surface area contributed by atoms with E-state index in [1.807, 2.05) is 0 Å². The molecule has 240 valence electrons. The van der Waals surface area contributed by atoms with E-state index in [1.54, 1.807) is 18.2 Å². The van der Waals surface area contributed by atoms with Gasteiger partial charge in [0.1, 0.15) is 11.4 Å². The highest BCUT2D eigenvalue weighted by atomic mass is 32.2. The SMILES string of the molecule is COc1cc([N+](=O)[O-])c(S(=O)(=O)O)cc1N1NN=C(C(=O)Nc2ccccc2)N1c1cc(S(=O)(=O)O)c([N+](=O)[O-])cc1OC.O. The number of anilines is 3. The number of methoxy groups -OCH3 is 2. The summed E-state index contributed by atoms with van der Waals surface area (Å²) in [6.07, 6.45) is 0. The first kappa shape index (κ1) is 33.9. The summed E-state index contributed by atoms with van der Waals surface area (Å²) in [5, 5.41) is 31.1. The Kier molecular flexibility index (Phi) is 9.44. The first-order valence-corrected chi connectivity index (χ1v) is 14.4. The number of rotatable bonds is 10. The molecule has 1 aliphatic heterocycles. The number of amides is 1. The molecule has 1 heterocycles. The maximum Gasteiger partial charge on any atom is 0.301 e. The number of hydrogen-bond donors (Lipinski definition) is 4. The molecule has 0 aliphatic carbocycles. The molecule has 21 nitrogen and oxygen atoms in total. The Morgan fingerprint density at radius 1 is 0.867 bits per heavy atom. The highest BCUT2D eigenvalue weighted by molar-refractivity contribution is 7.86. The molecular weight excluding hydrogens is 650 g/mol. The molecule has 0 spiro atoms. The third kappa shape index (κ3) is 6.65. The fraction of sp³-hybridized carbons (Fsp3) is 0.0909. The number of benzene rings is 3. The summed E-state index contributed by atoms with van der Waals surface area (Å²) in [6.45, 7) is 0. The Bertz CT molecular complexity index is 1940. The molecule has 0 saturated heterocycles. The molecule has 1 aliphatic rings. The van der Waals surface area contributed by atoms with Crippen LogP contribution < -0.4 is 30.5 Å². The van der Waals surface area contributed by atoms with Crippen LogP contribution in [0.15, 0.2) is 69.5 Å². The van der Waals surface area contributed by atoms with E-state index < -0.39 is 85.9 Å². The van der Waals surface area contributed by atoms with Gasteiger partial charge in [-0.05, 0) is 24.3 Å². The van der Waals surface area contributed by atoms with Crippen molar-refractivity contribution in [3.8, 4) is 11.5 Å². The monoisotopic (exact) mass is 671 g/mol. The first-order valence-electron chi connectivity index (χ1n) is 11.6. The van der Waals surface area contributed by atoms with Crippen LogP contribution in [0.2, 0.25) is 0 Å². The highest BCUT2D eigenvalue weighted by Crippen LogP contribution is 2.43. The van der Waals surface area contributed by atoms with Gasteiger partial charge >= 0.3 is 20.2 Å². The molecule has 23 heteroatoms. The number of para-hydroxylation sites is 1. The van der Waals surface area contributed by atoms with Crippen molar-refractivity contribution in [1.82, 2.24) is 5.53 Å². The van der Waals surface area contributed by atoms with E-state index in [4.69, 9.17) is 9.47 Å². The maximum atomic E-state index is 13.4. The lowest BCUT2D eigenvalue weighted by Crippen LogP contribution is -2.49. The summed E-state index contributed by atoms with van der Waals surface area (Å²) in [4.78, 5) is 32.0. The number of nitro benzene ring substituents is 2. The average Bonchev–Trinajstić information content (AvgIpc) is 3.40. The zero-order valence-electron chi connectivity index (χ0n) is 22.6. The fourth-order valence-corrected chi connectivity index (χ4v) is 5.27. The average molecular weight is 672 g/mol. The highest BCUT2D eigenvalue weighted by Gasteiger charge is 2.40. The normalized spacial score (nSPS) is 12.8. The van der Waals surface area contributed by atoms with Gasteiger partial charge in [-0.1, -0.05) is 18.2 Å². The lowest BCUT2D eigenvalue weighted by atomic mass is 10.2. The van der Waals surface area contributed by atoms with Gasteiger partial charge in [0.05, 0.1) is 36.2 Å². The van der Waals surface area contributed by atoms with Crippen LogP contribution in [0.5, 0.6) is 11.5 Å². The molecule has 0 bridgehead atoms. The Hall–Kier alpha value is -5.62. The summed E-state index contributed by atoms with van der Waals surface area (Å²) < 4.78 is 78.4. The van der Waals surface area contributed by atoms with Crippen LogP contribution >= 0.6 is 0 Å². The molecule has 3 aromatic carbocycles. The Balaban J connectivity index is 0.00000552. The standard InChI is InChI=1S/C22H19N7O13S2.H2O/c1-41-17-8-15(28(31)32)19(43(35,36)37)10-13(17)26-21(22(30)23-12-6-4-3-5-7-12)24-25-27(26)14-11-20(44(38,39)40)16(29(33)34)9-18(14)42-2;/h3-11,25H,1-2H3,(H,23,30)(H,35,36,37)(H,38,39,40);1H2. The van der Waals surface area contributed by atoms with Crippen LogP contribution in [0.1, 0.15) is 0 Å². The molecule has 6 N–H and O–H groups in total. The van der Waals surface area contributed by atoms with Gasteiger partial charge in [0.2, 0.25) is 5.84 Å². The van der Waals surface area contributed by atoms with Crippen molar-refractivity contribution in [3.63, 3.8) is 0 Å². The predicted octanol–water partition coefficient (Wildman–Crippen LogP) is 0.887. The van der Waals surface area contributed by atoms with Crippen molar-refractivity contribution in [3.05, 3.63) is 74.8 Å². The van der Waals surface area contributed by atoms with Crippen LogP contribution in [0.25, 0.3) is 0 Å². The molecule has 0 unspecified atom stereocenters. The minimum atomic E-state index is -5.29. The first-order chi connectivity index (χ1) is 20.6. The maximum absolute atomic E-state index is 13.4. The van der Waals surface area contributed by atoms with Crippen molar-refractivity contribution in [2.24, 2.45) is 5.10 Å². The van der Waals surface area contributed by atoms with E-state index in [2.05, 4.69) is 16.0 Å². The van der Waals surface area contributed by atoms with Gasteiger partial charge in [-0.3, -0.25) is 34.1 Å². The van der Waals surface area contributed by atoms with E-state index >= 15 is 0 Å². The number of nitro groups is 2. The summed E-state index contributed by atoms with van der Waals surface area (Å²) in [7, 11) is -8.47. The molecule has 45 heavy (non-hydrogen) atoms. The molecule has 0 aromatic heterocycles. The minimum absolute atomic E-state index is 0. The second kappa shape index (κ2) is 12.5. The molecule has 0 fully saturated rings. The van der Waals surface area contributed by atoms with Gasteiger partial charge < -0.3 is 20.3 Å². The number of hydrogen-bond acceptors (Lipinski definition) is 15. The smallest absolute Gasteiger partial charge is 0.301 e. The Labute approximate surface area is 252 Å². The number of hydrazone groups is 1. The summed E-state index contributed by atoms with van der Waals surface area (Å²) in [5.41, 5.74) is -0.575. The third-order valence-corrected chi connectivity index (χ3v) is 7.58. The molecular formula is C22H21N7O14S2. The van der Waals surface area contributed by atoms with Gasteiger partial charge in [-0.15, -0.1) is 5.10 Å². The minimum Gasteiger partial charge on any atom is -0.494 e. The van der Waals surface area contributed by atoms with Crippen molar-refractivity contribution >= 4 is 60.4 Å². The van der Waals surface area contributed by atoms with Crippen LogP contribution in [0.4, 0.5) is 28.4 Å². The lowest BCUT2D eigenvalue weighted by molar-refractivity contribution is -0.388. The van der Waals surface area contributed by atoms with Gasteiger partial charge in [-0.25, -0.2) is 5.01 Å². The molecule has 3 aromatic rings. The number of ether oxygens (including phenoxy) is 2. The predicted molar refractivity (Wildman–Crippen MR) is 153 cm³/mol. The van der Waals surface area contributed by atoms with Crippen molar-refractivity contribution < 1.29 is 55.5 Å². The Morgan fingerprint density at radius 3 is 1.78 bits per heavy atom. The second-order valence-corrected chi connectivity index (χ2v) is 11.2. The van der Waals surface area contributed by atoms with Crippen molar-refractivity contribution in [1.29, 1.82) is 0 Å². The van der Waals surface area contributed by atoms with Crippen LogP contribution in [-0.4, -0.2) is 67.2 Å². The zero-order valence-corrected chi connectivity index (χ0v) is 24.3. The molecule has 4 rings (SSSR count). The third-order valence-electron chi connectivity index (χ3n) is 5.81. The lowest BCUT2D eigenvalue weighted by Gasteiger charge is -2.32. The van der Waals surface area contributed by atoms with Crippen molar-refractivity contribution in [2.45, 2.75) is 9.79 Å². The number of hydrazine groups is 2. The number of amidine groups is 1. The number of carbonyl (C=O) groups excluding carboxylic acids is 1. The quantitative estimate of drug-likeness (QED) is 0.132. The van der Waals surface area contributed by atoms with E-state index in [0.717, 1.165) is 24.3 Å². The van der Waals surface area contributed by atoms with E-state index in [0.29, 0.717) is 24.3 Å². The van der Waals surface area contributed by atoms with E-state index in [1.165, 1.54) is 12.1 Å². The number of nitrogens with zero attached hydrogens (tertiary/aromatic N) is 5. The molecule has 0 radical (unpaired) electrons. The topological polar surface area (TPSA) is 305 Å². The fourth-order valence-electron chi connectivity index (χ4n) is 3.95. The molecule has 1 amide bonds. The van der Waals surface area contributed by atoms with Crippen LogP contribution in [0, 0.1) is 20.2 Å². The number of nitrogens with one attached hydrogen (secondary N) is 2. The van der Waals surface area contributed by atoms with Crippen molar-refractivity contribution in [2.75, 3.05) is 29.7 Å². The second-order valence-electron chi connectivity index (χ2n) is 8.43. The van der Waals surface area contributed by atoms with E-state index in [9.17, 15) is 51.0 Å². The van der Waals surface area contributed by atoms with Crippen LogP contribution in [-0.2, 0) is 25.0 Å². The zero-order chi connectivity index (χ0) is 32.6. The largest absolute Gasteiger partial charge is 0.494 e. The molecule has 0 saturated carbocycles. The summed E-state index contributed by atoms with van der Waals surface area (Å²) in [6, 6.07) is 10.3. The number of carbonyl (C=O) groups is 1. The van der Waals surface area contributed by atoms with Crippen LogP contribution in [0.3, 0.4) is 0 Å². The summed E-state index contributed by atoms with van der Waals surface area (Å²) >= 11 is 0. The van der Waals surface area contributed by atoms with Gasteiger partial charge in [-0.2, -0.15) is 27.5 Å². The van der Waals surface area contributed by atoms with Gasteiger partial charge in [0.15, 0.2) is 21.3 Å². The van der Waals surface area contributed by atoms with Gasteiger partial charge in [0, 0.05) is 5.69 Å². The summed E-state index contributed by atoms with van der Waals surface area (Å²) in [5.74, 6) is -2.52. The van der Waals surface area contributed by atoms with Gasteiger partial charge in [0.25, 0.3) is 17.3 Å². The van der Waals surface area contributed by atoms with E-state index in [-0.39, 0.29) is 11.2 Å². The molecule has 0 atom stereocenters. The Morgan fingerprint density at radius 2 is 1.33 bits per heavy atom.